The summed E-state index contributed by atoms with van der Waals surface area (Å²) in [5.74, 6) is 0.321. The van der Waals surface area contributed by atoms with E-state index in [-0.39, 0.29) is 18.9 Å². The summed E-state index contributed by atoms with van der Waals surface area (Å²) in [6, 6.07) is 6.99. The average Bonchev–Trinajstić information content (AvgIpc) is 3.07. The Morgan fingerprint density at radius 2 is 2.08 bits per heavy atom. The molecule has 0 bridgehead atoms. The molecular weight excluding hydrogens is 392 g/mol. The number of carbonyl (C=O) groups is 2. The summed E-state index contributed by atoms with van der Waals surface area (Å²) in [6.45, 7) is 2.00. The van der Waals surface area contributed by atoms with Gasteiger partial charge in [-0.3, -0.25) is 9.78 Å². The highest BCUT2D eigenvalue weighted by atomic mass is 79.9. The van der Waals surface area contributed by atoms with Crippen LogP contribution in [0.3, 0.4) is 0 Å². The molecule has 0 unspecified atom stereocenters. The van der Waals surface area contributed by atoms with Crippen LogP contribution >= 0.6 is 15.9 Å². The third-order valence-electron chi connectivity index (χ3n) is 3.50. The van der Waals surface area contributed by atoms with Crippen LogP contribution in [-0.2, 0) is 16.1 Å². The van der Waals surface area contributed by atoms with Crippen molar-refractivity contribution in [2.75, 3.05) is 6.79 Å². The number of hydrogen-bond acceptors (Lipinski definition) is 6. The fraction of sp³-hybridized carbons (Fsp3) is 0.235. The molecule has 2 heterocycles. The number of carbonyl (C=O) groups excluding carboxylic acids is 2. The molecule has 8 heteroatoms. The molecule has 0 radical (unpaired) electrons. The van der Waals surface area contributed by atoms with E-state index in [1.165, 1.54) is 13.1 Å². The fourth-order valence-corrected chi connectivity index (χ4v) is 2.55. The Labute approximate surface area is 152 Å². The predicted molar refractivity (Wildman–Crippen MR) is 91.2 cm³/mol. The van der Waals surface area contributed by atoms with Crippen molar-refractivity contribution in [3.05, 3.63) is 52.3 Å². The number of nitrogens with one attached hydrogen (secondary N) is 1. The lowest BCUT2D eigenvalue weighted by atomic mass is 10.2. The number of amides is 1. The van der Waals surface area contributed by atoms with Crippen molar-refractivity contribution in [1.82, 2.24) is 10.3 Å². The molecule has 1 aliphatic heterocycles. The Kier molecular flexibility index (Phi) is 5.18. The van der Waals surface area contributed by atoms with Gasteiger partial charge in [-0.15, -0.1) is 0 Å². The number of esters is 1. The van der Waals surface area contributed by atoms with Crippen LogP contribution in [0.15, 0.2) is 41.1 Å². The van der Waals surface area contributed by atoms with Crippen LogP contribution in [0.2, 0.25) is 0 Å². The van der Waals surface area contributed by atoms with Crippen molar-refractivity contribution in [1.29, 1.82) is 0 Å². The van der Waals surface area contributed by atoms with Gasteiger partial charge in [0, 0.05) is 23.4 Å². The summed E-state index contributed by atoms with van der Waals surface area (Å²) in [5.41, 5.74) is 1.12. The van der Waals surface area contributed by atoms with Crippen molar-refractivity contribution in [3.8, 4) is 11.5 Å². The first kappa shape index (κ1) is 17.2. The Balaban J connectivity index is 1.53. The van der Waals surface area contributed by atoms with Crippen molar-refractivity contribution < 1.29 is 23.8 Å². The van der Waals surface area contributed by atoms with Gasteiger partial charge in [0.1, 0.15) is 0 Å². The monoisotopic (exact) mass is 406 g/mol. The average molecular weight is 407 g/mol. The van der Waals surface area contributed by atoms with Gasteiger partial charge in [0.25, 0.3) is 5.91 Å². The highest BCUT2D eigenvalue weighted by Crippen LogP contribution is 2.32. The van der Waals surface area contributed by atoms with Crippen LogP contribution in [-0.4, -0.2) is 29.8 Å². The summed E-state index contributed by atoms with van der Waals surface area (Å²) in [5, 5.41) is 2.72. The lowest BCUT2D eigenvalue weighted by Crippen LogP contribution is -2.35. The van der Waals surface area contributed by atoms with Gasteiger partial charge in [-0.25, -0.2) is 4.79 Å². The molecule has 3 rings (SSSR count). The molecule has 1 amide bonds. The van der Waals surface area contributed by atoms with Gasteiger partial charge in [0.2, 0.25) is 6.79 Å². The number of ether oxygens (including phenoxy) is 3. The van der Waals surface area contributed by atoms with Gasteiger partial charge < -0.3 is 19.5 Å². The van der Waals surface area contributed by atoms with Crippen LogP contribution in [0.5, 0.6) is 11.5 Å². The predicted octanol–water partition coefficient (Wildman–Crippen LogP) is 2.43. The van der Waals surface area contributed by atoms with E-state index in [0.717, 1.165) is 5.56 Å². The largest absolute Gasteiger partial charge is 0.454 e. The maximum Gasteiger partial charge on any atom is 0.340 e. The molecule has 1 atom stereocenters. The van der Waals surface area contributed by atoms with E-state index in [1.54, 1.807) is 24.4 Å². The quantitative estimate of drug-likeness (QED) is 0.767. The third-order valence-corrected chi connectivity index (χ3v) is 3.93. The highest BCUT2D eigenvalue weighted by Gasteiger charge is 2.19. The van der Waals surface area contributed by atoms with E-state index in [2.05, 4.69) is 26.2 Å². The summed E-state index contributed by atoms with van der Waals surface area (Å²) in [7, 11) is 0. The Bertz CT molecular complexity index is 811. The van der Waals surface area contributed by atoms with Crippen LogP contribution in [0, 0.1) is 0 Å². The minimum atomic E-state index is -0.930. The smallest absolute Gasteiger partial charge is 0.340 e. The number of halogens is 1. The molecular formula is C17H15BrN2O5. The zero-order valence-electron chi connectivity index (χ0n) is 13.3. The summed E-state index contributed by atoms with van der Waals surface area (Å²) in [4.78, 5) is 28.0. The lowest BCUT2D eigenvalue weighted by Gasteiger charge is -2.13. The fourth-order valence-electron chi connectivity index (χ4n) is 2.19. The molecule has 0 saturated carbocycles. The first-order chi connectivity index (χ1) is 12.0. The molecule has 0 saturated heterocycles. The highest BCUT2D eigenvalue weighted by molar-refractivity contribution is 9.10. The molecule has 1 aromatic carbocycles. The van der Waals surface area contributed by atoms with Crippen LogP contribution in [0.1, 0.15) is 22.8 Å². The molecule has 0 spiro atoms. The summed E-state index contributed by atoms with van der Waals surface area (Å²) in [6.07, 6.45) is 2.00. The van der Waals surface area contributed by atoms with Crippen LogP contribution in [0.25, 0.3) is 0 Å². The van der Waals surface area contributed by atoms with E-state index < -0.39 is 18.0 Å². The normalized spacial score (nSPS) is 13.2. The van der Waals surface area contributed by atoms with E-state index in [1.807, 2.05) is 6.07 Å². The Morgan fingerprint density at radius 3 is 2.88 bits per heavy atom. The van der Waals surface area contributed by atoms with Gasteiger partial charge in [0.15, 0.2) is 17.6 Å². The van der Waals surface area contributed by atoms with Gasteiger partial charge in [-0.05, 0) is 46.6 Å². The Hall–Kier alpha value is -2.61. The summed E-state index contributed by atoms with van der Waals surface area (Å²) < 4.78 is 16.3. The Morgan fingerprint density at radius 1 is 1.28 bits per heavy atom. The second-order valence-corrected chi connectivity index (χ2v) is 6.26. The van der Waals surface area contributed by atoms with E-state index in [0.29, 0.717) is 16.0 Å². The summed E-state index contributed by atoms with van der Waals surface area (Å²) >= 11 is 3.23. The first-order valence-corrected chi connectivity index (χ1v) is 8.30. The molecule has 0 fully saturated rings. The molecule has 1 N–H and O–H groups in total. The molecule has 2 aromatic rings. The van der Waals surface area contributed by atoms with E-state index in [9.17, 15) is 9.59 Å². The first-order valence-electron chi connectivity index (χ1n) is 7.50. The zero-order chi connectivity index (χ0) is 17.8. The van der Waals surface area contributed by atoms with Crippen molar-refractivity contribution in [2.24, 2.45) is 0 Å². The maximum atomic E-state index is 12.1. The zero-order valence-corrected chi connectivity index (χ0v) is 14.9. The number of pyridine rings is 1. The van der Waals surface area contributed by atoms with Gasteiger partial charge >= 0.3 is 5.97 Å². The molecule has 130 valence electrons. The van der Waals surface area contributed by atoms with Crippen LogP contribution < -0.4 is 14.8 Å². The second kappa shape index (κ2) is 7.52. The molecule has 0 aliphatic carbocycles. The second-order valence-electron chi connectivity index (χ2n) is 5.34. The van der Waals surface area contributed by atoms with Crippen LogP contribution in [0.4, 0.5) is 0 Å². The topological polar surface area (TPSA) is 86.8 Å². The maximum absolute atomic E-state index is 12.1. The lowest BCUT2D eigenvalue weighted by molar-refractivity contribution is -0.129. The van der Waals surface area contributed by atoms with E-state index >= 15 is 0 Å². The molecule has 25 heavy (non-hydrogen) atoms. The van der Waals surface area contributed by atoms with Crippen molar-refractivity contribution >= 4 is 27.8 Å². The van der Waals surface area contributed by atoms with Gasteiger partial charge in [-0.2, -0.15) is 0 Å². The minimum absolute atomic E-state index is 0.197. The van der Waals surface area contributed by atoms with Gasteiger partial charge in [-0.1, -0.05) is 6.07 Å². The van der Waals surface area contributed by atoms with Gasteiger partial charge in [0.05, 0.1) is 5.56 Å². The number of fused-ring (bicyclic) bond motifs is 1. The third kappa shape index (κ3) is 4.27. The standard InChI is InChI=1S/C17H15BrN2O5/c1-10(25-17(22)12-5-13(18)8-19-7-12)16(21)20-6-11-2-3-14-15(4-11)24-9-23-14/h2-5,7-8,10H,6,9H2,1H3,(H,20,21)/t10-/m1/s1. The molecule has 7 nitrogen and oxygen atoms in total. The SMILES string of the molecule is C[C@@H](OC(=O)c1cncc(Br)c1)C(=O)NCc1ccc2c(c1)OCO2. The molecule has 1 aliphatic rings. The van der Waals surface area contributed by atoms with E-state index in [4.69, 9.17) is 14.2 Å². The number of benzene rings is 1. The number of rotatable bonds is 5. The number of nitrogens with zero attached hydrogens (tertiary/aromatic N) is 1. The van der Waals surface area contributed by atoms with Crippen molar-refractivity contribution in [3.63, 3.8) is 0 Å². The minimum Gasteiger partial charge on any atom is -0.454 e. The van der Waals surface area contributed by atoms with Crippen molar-refractivity contribution in [2.45, 2.75) is 19.6 Å². The number of aromatic nitrogens is 1. The molecule has 1 aromatic heterocycles. The number of hydrogen-bond donors (Lipinski definition) is 1.